The van der Waals surface area contributed by atoms with Gasteiger partial charge in [0.1, 0.15) is 11.1 Å². The normalized spacial score (nSPS) is 21.0. The molecule has 2 unspecified atom stereocenters. The molecule has 0 radical (unpaired) electrons. The lowest BCUT2D eigenvalue weighted by Gasteiger charge is -2.44. The van der Waals surface area contributed by atoms with Crippen LogP contribution in [0.1, 0.15) is 54.5 Å². The topological polar surface area (TPSA) is 135 Å². The van der Waals surface area contributed by atoms with E-state index in [9.17, 15) is 14.7 Å². The highest BCUT2D eigenvalue weighted by atomic mass is 35.5. The van der Waals surface area contributed by atoms with E-state index in [0.29, 0.717) is 60.1 Å². The molecule has 4 heterocycles. The molecule has 0 bridgehead atoms. The highest BCUT2D eigenvalue weighted by molar-refractivity contribution is 6.36. The number of carbonyl (C=O) groups excluding carboxylic acids is 1. The lowest BCUT2D eigenvalue weighted by atomic mass is 9.89. The number of aliphatic carboxylic acids is 1. The second-order valence-electron chi connectivity index (χ2n) is 13.5. The summed E-state index contributed by atoms with van der Waals surface area (Å²) in [5.41, 5.74) is 7.30. The number of fused-ring (bicyclic) bond motifs is 1. The van der Waals surface area contributed by atoms with Gasteiger partial charge in [0, 0.05) is 66.9 Å². The largest absolute Gasteiger partial charge is 0.481 e. The minimum atomic E-state index is -0.785. The van der Waals surface area contributed by atoms with Gasteiger partial charge in [0.2, 0.25) is 23.5 Å². The second kappa shape index (κ2) is 15.3. The van der Waals surface area contributed by atoms with Crippen molar-refractivity contribution in [3.63, 3.8) is 0 Å². The van der Waals surface area contributed by atoms with Crippen molar-refractivity contribution in [2.24, 2.45) is 5.92 Å². The lowest BCUT2D eigenvalue weighted by Crippen LogP contribution is -2.56. The van der Waals surface area contributed by atoms with Crippen LogP contribution < -0.4 is 24.8 Å². The predicted molar refractivity (Wildman–Crippen MR) is 198 cm³/mol. The number of methoxy groups -OCH3 is 2. The number of likely N-dealkylation sites (tertiary alicyclic amines) is 1. The highest BCUT2D eigenvalue weighted by Gasteiger charge is 2.41. The summed E-state index contributed by atoms with van der Waals surface area (Å²) in [4.78, 5) is 34.5. The summed E-state index contributed by atoms with van der Waals surface area (Å²) in [6, 6.07) is 17.9. The van der Waals surface area contributed by atoms with E-state index in [0.717, 1.165) is 58.2 Å². The zero-order chi connectivity index (χ0) is 36.5. The average molecular weight is 747 g/mol. The van der Waals surface area contributed by atoms with Crippen molar-refractivity contribution in [3.8, 4) is 40.0 Å². The molecular formula is C39H41Cl2N5O6. The van der Waals surface area contributed by atoms with E-state index < -0.39 is 5.97 Å². The molecule has 1 aliphatic carbocycles. The Hall–Kier alpha value is -4.42. The van der Waals surface area contributed by atoms with E-state index in [1.54, 1.807) is 20.3 Å². The number of aromatic nitrogens is 2. The standard InChI is InChI=1S/C39H41Cl2N5O6/c1-21-30(39(48)49)20-46(21)19-23-16-31(40)38(45-37(23)51-3)52-33-14-12-26-25(6-4-7-27(26)33)28-8-5-9-29(35(28)41)32-13-10-22(36(44-32)50-2)17-42-18-24-11-15-34(47)43-24/h4-10,13,16,21,24,30,33,42H,11-12,14-15,17-20H2,1-3H3,(H,43,47)(H,48,49)/t21?,24-,30?,33-/m0/s1. The summed E-state index contributed by atoms with van der Waals surface area (Å²) in [5.74, 6) is 0.125. The number of ether oxygens (including phenoxy) is 3. The van der Waals surface area contributed by atoms with Gasteiger partial charge in [-0.25, -0.2) is 4.98 Å². The zero-order valence-corrected chi connectivity index (χ0v) is 30.8. The number of amides is 1. The molecule has 3 N–H and O–H groups in total. The monoisotopic (exact) mass is 745 g/mol. The first-order valence-electron chi connectivity index (χ1n) is 17.5. The fourth-order valence-electron chi connectivity index (χ4n) is 7.47. The number of carboxylic acid groups (broad SMARTS) is 1. The van der Waals surface area contributed by atoms with Crippen LogP contribution in [-0.4, -0.2) is 71.2 Å². The van der Waals surface area contributed by atoms with E-state index >= 15 is 0 Å². The second-order valence-corrected chi connectivity index (χ2v) is 14.3. The Morgan fingerprint density at radius 3 is 2.44 bits per heavy atom. The van der Waals surface area contributed by atoms with Gasteiger partial charge in [-0.2, -0.15) is 4.98 Å². The average Bonchev–Trinajstić information content (AvgIpc) is 3.76. The van der Waals surface area contributed by atoms with Gasteiger partial charge in [0.15, 0.2) is 0 Å². The van der Waals surface area contributed by atoms with E-state index in [1.165, 1.54) is 0 Å². The molecule has 2 saturated heterocycles. The van der Waals surface area contributed by atoms with Gasteiger partial charge in [-0.15, -0.1) is 0 Å². The van der Waals surface area contributed by atoms with Crippen LogP contribution in [0.5, 0.6) is 17.6 Å². The van der Waals surface area contributed by atoms with Crippen LogP contribution in [-0.2, 0) is 29.1 Å². The number of rotatable bonds is 13. The SMILES string of the molecule is COc1nc(-c2cccc(-c3cccc4c3CC[C@@H]4Oc3nc(OC)c(CN4CC(C(=O)O)C4C)cc3Cl)c2Cl)ccc1CNC[C@@H]1CCC(=O)N1. The summed E-state index contributed by atoms with van der Waals surface area (Å²) in [7, 11) is 3.16. The smallest absolute Gasteiger partial charge is 0.309 e. The molecule has 7 rings (SSSR count). The molecular weight excluding hydrogens is 705 g/mol. The van der Waals surface area contributed by atoms with Crippen molar-refractivity contribution in [1.82, 2.24) is 25.5 Å². The minimum absolute atomic E-state index is 0.0954. The highest BCUT2D eigenvalue weighted by Crippen LogP contribution is 2.45. The number of nitrogens with one attached hydrogen (secondary N) is 2. The van der Waals surface area contributed by atoms with Crippen molar-refractivity contribution >= 4 is 35.1 Å². The number of nitrogens with zero attached hydrogens (tertiary/aromatic N) is 3. The summed E-state index contributed by atoms with van der Waals surface area (Å²) < 4.78 is 17.7. The number of hydrogen-bond acceptors (Lipinski definition) is 9. The van der Waals surface area contributed by atoms with E-state index in [-0.39, 0.29) is 35.9 Å². The van der Waals surface area contributed by atoms with Crippen LogP contribution in [0.3, 0.4) is 0 Å². The third-order valence-corrected chi connectivity index (χ3v) is 11.1. The molecule has 13 heteroatoms. The number of carboxylic acids is 1. The quantitative estimate of drug-likeness (QED) is 0.140. The van der Waals surface area contributed by atoms with Gasteiger partial charge < -0.3 is 30.0 Å². The van der Waals surface area contributed by atoms with Gasteiger partial charge in [0.05, 0.1) is 30.9 Å². The fraction of sp³-hybridized carbons (Fsp3) is 0.385. The molecule has 1 amide bonds. The molecule has 11 nitrogen and oxygen atoms in total. The summed E-state index contributed by atoms with van der Waals surface area (Å²) >= 11 is 13.9. The number of pyridine rings is 2. The van der Waals surface area contributed by atoms with Crippen LogP contribution >= 0.6 is 23.2 Å². The van der Waals surface area contributed by atoms with Gasteiger partial charge in [-0.1, -0.05) is 65.7 Å². The van der Waals surface area contributed by atoms with E-state index in [1.807, 2.05) is 43.3 Å². The Balaban J connectivity index is 1.08. The Morgan fingerprint density at radius 2 is 1.71 bits per heavy atom. The number of halogens is 2. The molecule has 0 spiro atoms. The Labute approximate surface area is 312 Å². The van der Waals surface area contributed by atoms with Gasteiger partial charge >= 0.3 is 5.97 Å². The number of hydrogen-bond donors (Lipinski definition) is 3. The zero-order valence-electron chi connectivity index (χ0n) is 29.2. The third kappa shape index (κ3) is 7.15. The van der Waals surface area contributed by atoms with Crippen molar-refractivity contribution in [3.05, 3.63) is 86.9 Å². The molecule has 4 atom stereocenters. The predicted octanol–water partition coefficient (Wildman–Crippen LogP) is 6.47. The summed E-state index contributed by atoms with van der Waals surface area (Å²) in [5, 5.41) is 16.7. The third-order valence-electron chi connectivity index (χ3n) is 10.4. The maximum absolute atomic E-state index is 11.5. The lowest BCUT2D eigenvalue weighted by molar-refractivity contribution is -0.152. The van der Waals surface area contributed by atoms with Crippen LogP contribution in [0.4, 0.5) is 0 Å². The molecule has 272 valence electrons. The fourth-order valence-corrected chi connectivity index (χ4v) is 8.02. The van der Waals surface area contributed by atoms with E-state index in [2.05, 4.69) is 32.7 Å². The van der Waals surface area contributed by atoms with Crippen LogP contribution in [0.15, 0.2) is 54.6 Å². The van der Waals surface area contributed by atoms with Crippen molar-refractivity contribution in [2.45, 2.75) is 63.9 Å². The number of benzene rings is 2. The maximum Gasteiger partial charge on any atom is 0.309 e. The first-order valence-corrected chi connectivity index (χ1v) is 18.2. The van der Waals surface area contributed by atoms with Crippen LogP contribution in [0.25, 0.3) is 22.4 Å². The van der Waals surface area contributed by atoms with Gasteiger partial charge in [-0.3, -0.25) is 14.5 Å². The number of carbonyl (C=O) groups is 2. The van der Waals surface area contributed by atoms with Crippen molar-refractivity contribution in [2.75, 3.05) is 27.3 Å². The molecule has 4 aromatic rings. The van der Waals surface area contributed by atoms with Gasteiger partial charge in [0.25, 0.3) is 0 Å². The molecule has 2 aromatic carbocycles. The minimum Gasteiger partial charge on any atom is -0.481 e. The Bertz CT molecular complexity index is 2010. The summed E-state index contributed by atoms with van der Waals surface area (Å²) in [6.07, 6.45) is 2.64. The molecule has 2 aromatic heterocycles. The van der Waals surface area contributed by atoms with Crippen LogP contribution in [0, 0.1) is 5.92 Å². The first-order chi connectivity index (χ1) is 25.1. The molecule has 3 aliphatic rings. The molecule has 2 fully saturated rings. The summed E-state index contributed by atoms with van der Waals surface area (Å²) in [6.45, 7) is 4.08. The first kappa shape index (κ1) is 36.0. The van der Waals surface area contributed by atoms with Crippen molar-refractivity contribution in [1.29, 1.82) is 0 Å². The van der Waals surface area contributed by atoms with Gasteiger partial charge in [-0.05, 0) is 55.0 Å². The van der Waals surface area contributed by atoms with E-state index in [4.69, 9.17) is 42.4 Å². The molecule has 2 aliphatic heterocycles. The van der Waals surface area contributed by atoms with Crippen molar-refractivity contribution < 1.29 is 28.9 Å². The Kier molecular flexibility index (Phi) is 10.6. The molecule has 0 saturated carbocycles. The van der Waals surface area contributed by atoms with Crippen LogP contribution in [0.2, 0.25) is 10.0 Å². The molecule has 52 heavy (non-hydrogen) atoms. The Morgan fingerprint density at radius 1 is 0.962 bits per heavy atom. The maximum atomic E-state index is 11.5.